The van der Waals surface area contributed by atoms with Crippen LogP contribution in [0.3, 0.4) is 0 Å². The molecule has 0 atom stereocenters. The van der Waals surface area contributed by atoms with Gasteiger partial charge >= 0.3 is 33.1 Å². The number of rotatable bonds is 0. The molecule has 0 fully saturated rings. The maximum absolute atomic E-state index is 8.74. The molecule has 34 valence electrons. The fourth-order valence-electron chi connectivity index (χ4n) is 0. The van der Waals surface area contributed by atoms with Crippen LogP contribution in [0.1, 0.15) is 0 Å². The zero-order valence-corrected chi connectivity index (χ0v) is 9.61. The Morgan fingerprint density at radius 3 is 1.33 bits per heavy atom. The largest absolute Gasteiger partial charge is 0 e. The first-order valence-electron chi connectivity index (χ1n) is 0.651. The number of hydrogen-bond donors (Lipinski definition) is 2. The quantitative estimate of drug-likeness (QED) is 0.464. The van der Waals surface area contributed by atoms with E-state index in [-0.39, 0.29) is 45.6 Å². The van der Waals surface area contributed by atoms with Crippen LogP contribution in [0.25, 0.3) is 0 Å². The minimum Gasteiger partial charge on any atom is 0 e. The molecule has 0 amide bonds. The van der Waals surface area contributed by atoms with Gasteiger partial charge in [0.2, 0.25) is 0 Å². The maximum Gasteiger partial charge on any atom is 0 e. The summed E-state index contributed by atoms with van der Waals surface area (Å²) in [4.78, 5) is 14.3. The molecule has 0 aliphatic heterocycles. The molecule has 0 rings (SSSR count). The van der Waals surface area contributed by atoms with E-state index in [0.29, 0.717) is 0 Å². The van der Waals surface area contributed by atoms with Crippen molar-refractivity contribution in [3.05, 3.63) is 0 Å². The molecule has 0 saturated heterocycles. The van der Waals surface area contributed by atoms with Crippen molar-refractivity contribution in [3.63, 3.8) is 0 Å². The van der Waals surface area contributed by atoms with Crippen molar-refractivity contribution in [1.29, 1.82) is 0 Å². The van der Waals surface area contributed by atoms with Gasteiger partial charge in [0.25, 0.3) is 0 Å². The van der Waals surface area contributed by atoms with Crippen LogP contribution < -0.4 is 0 Å². The van der Waals surface area contributed by atoms with Gasteiger partial charge in [-0.25, -0.2) is 0 Å². The summed E-state index contributed by atoms with van der Waals surface area (Å²) in [5.74, 6) is 0. The van der Waals surface area contributed by atoms with Crippen LogP contribution in [-0.4, -0.2) is 42.7 Å². The van der Waals surface area contributed by atoms with Gasteiger partial charge in [-0.1, -0.05) is 0 Å². The normalized spacial score (nSPS) is 4.00. The average molecular weight is 247 g/mol. The molecular formula is H4O3SiSnTi. The van der Waals surface area contributed by atoms with Gasteiger partial charge in [-0.2, -0.15) is 0 Å². The van der Waals surface area contributed by atoms with Crippen molar-refractivity contribution in [2.75, 3.05) is 0 Å². The third-order valence-electron chi connectivity index (χ3n) is 0. The first-order valence-corrected chi connectivity index (χ1v) is 1.95. The summed E-state index contributed by atoms with van der Waals surface area (Å²) in [7, 11) is -3.13. The molecule has 0 aromatic rings. The molecule has 0 aliphatic rings. The van der Waals surface area contributed by atoms with E-state index in [1.807, 2.05) is 0 Å². The zero-order chi connectivity index (χ0) is 3.58. The minimum atomic E-state index is -3.13. The molecule has 0 unspecified atom stereocenters. The van der Waals surface area contributed by atoms with Crippen LogP contribution in [0.15, 0.2) is 0 Å². The Hall–Kier alpha value is 1.13. The standard InChI is InChI=1S/H2O3Si.Sn.Ti.2H/c1-4(2)3;;;;/h1-2H;;;;. The number of hydrogen-bond acceptors (Lipinski definition) is 1. The van der Waals surface area contributed by atoms with Crippen molar-refractivity contribution in [3.8, 4) is 0 Å². The van der Waals surface area contributed by atoms with Gasteiger partial charge in [0.1, 0.15) is 0 Å². The van der Waals surface area contributed by atoms with Gasteiger partial charge in [-0.05, 0) is 0 Å². The molecule has 2 radical (unpaired) electrons. The predicted molar refractivity (Wildman–Crippen MR) is 19.4 cm³/mol. The van der Waals surface area contributed by atoms with Crippen LogP contribution >= 0.6 is 0 Å². The molecule has 0 aromatic carbocycles. The van der Waals surface area contributed by atoms with Gasteiger partial charge in [0.15, 0.2) is 0 Å². The molecule has 0 aromatic heterocycles. The van der Waals surface area contributed by atoms with Crippen LogP contribution in [0, 0.1) is 0 Å². The summed E-state index contributed by atoms with van der Waals surface area (Å²) in [5, 5.41) is 0. The average Bonchev–Trinajstić information content (AvgIpc) is 0.811. The second kappa shape index (κ2) is 9.46. The summed E-state index contributed by atoms with van der Waals surface area (Å²) < 4.78 is 8.74. The second-order valence-electron chi connectivity index (χ2n) is 0.283. The Kier molecular flexibility index (Phi) is 24.8. The molecule has 0 saturated carbocycles. The minimum absolute atomic E-state index is 0. The Balaban J connectivity index is -0.0000000450. The van der Waals surface area contributed by atoms with Gasteiger partial charge in [0, 0.05) is 21.7 Å². The predicted octanol–water partition coefficient (Wildman–Crippen LogP) is -2.53. The smallest absolute Gasteiger partial charge is 0 e. The Morgan fingerprint density at radius 2 is 1.33 bits per heavy atom. The first-order chi connectivity index (χ1) is 1.73. The van der Waals surface area contributed by atoms with E-state index >= 15 is 0 Å². The zero-order valence-electron chi connectivity index (χ0n) is 3.01. The van der Waals surface area contributed by atoms with E-state index in [1.54, 1.807) is 0 Å². The Bertz CT molecular complexity index is 33.8. The van der Waals surface area contributed by atoms with Crippen molar-refractivity contribution in [2.45, 2.75) is 0 Å². The van der Waals surface area contributed by atoms with Crippen molar-refractivity contribution >= 4 is 33.1 Å². The van der Waals surface area contributed by atoms with Crippen molar-refractivity contribution < 1.29 is 35.8 Å². The molecule has 6 heteroatoms. The SMILES string of the molecule is O=[Si](O)O.[SnH2].[Ti]. The van der Waals surface area contributed by atoms with Crippen LogP contribution in [-0.2, 0) is 26.2 Å². The fraction of sp³-hybridized carbons (Fsp3) is 0. The summed E-state index contributed by atoms with van der Waals surface area (Å²) in [6, 6.07) is 0. The molecule has 3 nitrogen and oxygen atoms in total. The molecular weight excluding hydrogens is 243 g/mol. The third-order valence-corrected chi connectivity index (χ3v) is 0. The van der Waals surface area contributed by atoms with E-state index in [1.165, 1.54) is 0 Å². The summed E-state index contributed by atoms with van der Waals surface area (Å²) in [6.07, 6.45) is 0. The van der Waals surface area contributed by atoms with Crippen molar-refractivity contribution in [2.24, 2.45) is 0 Å². The fourth-order valence-corrected chi connectivity index (χ4v) is 0. The van der Waals surface area contributed by atoms with E-state index < -0.39 is 9.17 Å². The van der Waals surface area contributed by atoms with E-state index in [2.05, 4.69) is 0 Å². The molecule has 0 bridgehead atoms. The molecule has 0 heterocycles. The van der Waals surface area contributed by atoms with Gasteiger partial charge in [-0.15, -0.1) is 0 Å². The summed E-state index contributed by atoms with van der Waals surface area (Å²) in [6.45, 7) is 0. The summed E-state index contributed by atoms with van der Waals surface area (Å²) in [5.41, 5.74) is 0. The Morgan fingerprint density at radius 1 is 1.33 bits per heavy atom. The van der Waals surface area contributed by atoms with E-state index in [9.17, 15) is 0 Å². The van der Waals surface area contributed by atoms with Crippen LogP contribution in [0.5, 0.6) is 0 Å². The maximum atomic E-state index is 8.74. The topological polar surface area (TPSA) is 57.5 Å². The van der Waals surface area contributed by atoms with E-state index in [0.717, 1.165) is 0 Å². The Labute approximate surface area is 68.5 Å². The van der Waals surface area contributed by atoms with Crippen LogP contribution in [0.2, 0.25) is 0 Å². The van der Waals surface area contributed by atoms with Crippen molar-refractivity contribution in [1.82, 2.24) is 0 Å². The third kappa shape index (κ3) is 68.5. The first kappa shape index (κ1) is 15.7. The van der Waals surface area contributed by atoms with Gasteiger partial charge in [0.05, 0.1) is 0 Å². The second-order valence-corrected chi connectivity index (χ2v) is 0.848. The molecule has 0 spiro atoms. The molecule has 6 heavy (non-hydrogen) atoms. The molecule has 2 N–H and O–H groups in total. The van der Waals surface area contributed by atoms with E-state index in [4.69, 9.17) is 14.1 Å². The van der Waals surface area contributed by atoms with Crippen LogP contribution in [0.4, 0.5) is 0 Å². The summed E-state index contributed by atoms with van der Waals surface area (Å²) >= 11 is 0. The van der Waals surface area contributed by atoms with Gasteiger partial charge in [-0.3, -0.25) is 4.46 Å². The monoisotopic (exact) mass is 248 g/mol. The van der Waals surface area contributed by atoms with Gasteiger partial charge < -0.3 is 9.59 Å². The molecule has 0 aliphatic carbocycles.